The van der Waals surface area contributed by atoms with Gasteiger partial charge in [0, 0.05) is 30.0 Å². The van der Waals surface area contributed by atoms with Gasteiger partial charge in [-0.3, -0.25) is 9.59 Å². The Bertz CT molecular complexity index is 1100. The Hall–Kier alpha value is -3.64. The molecule has 1 radical (unpaired) electrons. The third-order valence-electron chi connectivity index (χ3n) is 5.44. The Morgan fingerprint density at radius 3 is 2.52 bits per heavy atom. The highest BCUT2D eigenvalue weighted by atomic mass is 16.5. The van der Waals surface area contributed by atoms with E-state index in [1.54, 1.807) is 12.1 Å². The Labute approximate surface area is 181 Å². The lowest BCUT2D eigenvalue weighted by Gasteiger charge is -2.28. The Balaban J connectivity index is 1.51. The summed E-state index contributed by atoms with van der Waals surface area (Å²) < 4.78 is 5.39. The van der Waals surface area contributed by atoms with Crippen molar-refractivity contribution in [1.29, 1.82) is 0 Å². The molecule has 0 unspecified atom stereocenters. The second-order valence-electron chi connectivity index (χ2n) is 7.44. The van der Waals surface area contributed by atoms with Crippen LogP contribution in [0, 0.1) is 13.0 Å². The van der Waals surface area contributed by atoms with Gasteiger partial charge < -0.3 is 20.7 Å². The molecule has 0 saturated carbocycles. The molecule has 1 saturated heterocycles. The van der Waals surface area contributed by atoms with Crippen LogP contribution < -0.4 is 16.0 Å². The fourth-order valence-electron chi connectivity index (χ4n) is 3.75. The number of ether oxygens (including phenoxy) is 1. The fraction of sp³-hybridized carbons (Fsp3) is 0.200. The summed E-state index contributed by atoms with van der Waals surface area (Å²) in [5.41, 5.74) is 10.6. The molecule has 2 amide bonds. The summed E-state index contributed by atoms with van der Waals surface area (Å²) in [5, 5.41) is 2.95. The molecule has 6 heteroatoms. The van der Waals surface area contributed by atoms with Gasteiger partial charge in [0.05, 0.1) is 18.8 Å². The summed E-state index contributed by atoms with van der Waals surface area (Å²) in [6, 6.07) is 21.5. The number of hydrogen-bond donors (Lipinski definition) is 2. The van der Waals surface area contributed by atoms with Gasteiger partial charge in [0.1, 0.15) is 0 Å². The number of nitrogens with zero attached hydrogens (tertiary/aromatic N) is 1. The van der Waals surface area contributed by atoms with Crippen molar-refractivity contribution in [1.82, 2.24) is 0 Å². The zero-order valence-electron chi connectivity index (χ0n) is 17.4. The zero-order chi connectivity index (χ0) is 21.8. The number of nitrogens with one attached hydrogen (secondary N) is 1. The standard InChI is InChI=1S/C25H24N3O3/c1-17-22(6-3-7-23(17)24(26)29)18-4-2-5-19(16-18)25(30)27-20-8-10-21(11-9-20)28-12-14-31-15-13-28/h2-6,8-11,16H,12-15H2,1H3,(H2,26,29)(H,27,30). The minimum Gasteiger partial charge on any atom is -0.378 e. The number of carbonyl (C=O) groups is 2. The average molecular weight is 414 g/mol. The largest absolute Gasteiger partial charge is 0.378 e. The van der Waals surface area contributed by atoms with Crippen LogP contribution in [0.15, 0.2) is 60.7 Å². The van der Waals surface area contributed by atoms with Gasteiger partial charge in [0.15, 0.2) is 0 Å². The van der Waals surface area contributed by atoms with Crippen LogP contribution in [0.4, 0.5) is 11.4 Å². The van der Waals surface area contributed by atoms with Crippen molar-refractivity contribution in [3.05, 3.63) is 83.4 Å². The molecule has 157 valence electrons. The minimum absolute atomic E-state index is 0.198. The molecule has 4 rings (SSSR count). The topological polar surface area (TPSA) is 84.7 Å². The fourth-order valence-corrected chi connectivity index (χ4v) is 3.75. The number of nitrogens with two attached hydrogens (primary N) is 1. The van der Waals surface area contributed by atoms with Gasteiger partial charge in [-0.05, 0) is 66.1 Å². The van der Waals surface area contributed by atoms with Crippen molar-refractivity contribution in [2.45, 2.75) is 6.92 Å². The van der Waals surface area contributed by atoms with E-state index >= 15 is 0 Å². The van der Waals surface area contributed by atoms with E-state index in [9.17, 15) is 9.59 Å². The lowest BCUT2D eigenvalue weighted by atomic mass is 9.95. The predicted octanol–water partition coefficient (Wildman–Crippen LogP) is 3.65. The van der Waals surface area contributed by atoms with Crippen molar-refractivity contribution in [2.75, 3.05) is 36.5 Å². The Morgan fingerprint density at radius 1 is 1.06 bits per heavy atom. The summed E-state index contributed by atoms with van der Waals surface area (Å²) in [7, 11) is 0. The van der Waals surface area contributed by atoms with E-state index in [4.69, 9.17) is 10.5 Å². The van der Waals surface area contributed by atoms with Gasteiger partial charge in [-0.25, -0.2) is 0 Å². The van der Waals surface area contributed by atoms with Crippen LogP contribution in [-0.2, 0) is 4.74 Å². The van der Waals surface area contributed by atoms with E-state index in [1.165, 1.54) is 0 Å². The molecule has 1 fully saturated rings. The van der Waals surface area contributed by atoms with E-state index in [0.717, 1.165) is 54.4 Å². The van der Waals surface area contributed by atoms with Crippen molar-refractivity contribution < 1.29 is 14.3 Å². The highest BCUT2D eigenvalue weighted by molar-refractivity contribution is 6.05. The zero-order valence-corrected chi connectivity index (χ0v) is 17.4. The summed E-state index contributed by atoms with van der Waals surface area (Å²) in [6.07, 6.45) is 0. The molecule has 0 atom stereocenters. The van der Waals surface area contributed by atoms with Crippen molar-refractivity contribution in [3.63, 3.8) is 0 Å². The maximum Gasteiger partial charge on any atom is 0.255 e. The molecule has 3 aromatic rings. The van der Waals surface area contributed by atoms with E-state index in [0.29, 0.717) is 11.1 Å². The number of benzene rings is 3. The maximum atomic E-state index is 12.8. The van der Waals surface area contributed by atoms with E-state index in [2.05, 4.69) is 16.3 Å². The molecule has 6 nitrogen and oxygen atoms in total. The SMILES string of the molecule is Cc1c(C(N)=O)[c]ccc1-c1cccc(C(=O)Nc2ccc(N3CCOCC3)cc2)c1. The number of amides is 2. The Kier molecular flexibility index (Phi) is 6.00. The van der Waals surface area contributed by atoms with Crippen molar-refractivity contribution in [2.24, 2.45) is 5.73 Å². The first-order chi connectivity index (χ1) is 15.0. The van der Waals surface area contributed by atoms with Crippen LogP contribution in [0.3, 0.4) is 0 Å². The number of primary amides is 1. The van der Waals surface area contributed by atoms with Crippen molar-refractivity contribution in [3.8, 4) is 11.1 Å². The van der Waals surface area contributed by atoms with Crippen LogP contribution >= 0.6 is 0 Å². The first-order valence-electron chi connectivity index (χ1n) is 10.2. The molecule has 0 bridgehead atoms. The van der Waals surface area contributed by atoms with Gasteiger partial charge in [0.2, 0.25) is 5.91 Å². The molecule has 3 aromatic carbocycles. The lowest BCUT2D eigenvalue weighted by Crippen LogP contribution is -2.36. The molecule has 0 aromatic heterocycles. The third kappa shape index (κ3) is 4.59. The second-order valence-corrected chi connectivity index (χ2v) is 7.44. The molecule has 0 aliphatic carbocycles. The quantitative estimate of drug-likeness (QED) is 0.667. The monoisotopic (exact) mass is 414 g/mol. The molecule has 1 aliphatic heterocycles. The predicted molar refractivity (Wildman–Crippen MR) is 121 cm³/mol. The van der Waals surface area contributed by atoms with Gasteiger partial charge in [-0.2, -0.15) is 0 Å². The van der Waals surface area contributed by atoms with Gasteiger partial charge in [-0.1, -0.05) is 24.3 Å². The summed E-state index contributed by atoms with van der Waals surface area (Å²) in [5.74, 6) is -0.718. The minimum atomic E-state index is -0.520. The second kappa shape index (κ2) is 9.02. The number of hydrogen-bond acceptors (Lipinski definition) is 4. The molecule has 1 heterocycles. The number of morpholine rings is 1. The first-order valence-corrected chi connectivity index (χ1v) is 10.2. The molecule has 31 heavy (non-hydrogen) atoms. The molecule has 3 N–H and O–H groups in total. The van der Waals surface area contributed by atoms with Gasteiger partial charge >= 0.3 is 0 Å². The van der Waals surface area contributed by atoms with Gasteiger partial charge in [0.25, 0.3) is 5.91 Å². The van der Waals surface area contributed by atoms with Crippen LogP contribution in [-0.4, -0.2) is 38.1 Å². The van der Waals surface area contributed by atoms with E-state index in [-0.39, 0.29) is 5.91 Å². The smallest absolute Gasteiger partial charge is 0.255 e. The average Bonchev–Trinajstić information content (AvgIpc) is 2.80. The van der Waals surface area contributed by atoms with Gasteiger partial charge in [-0.15, -0.1) is 0 Å². The van der Waals surface area contributed by atoms with Crippen LogP contribution in [0.2, 0.25) is 0 Å². The van der Waals surface area contributed by atoms with Crippen molar-refractivity contribution >= 4 is 23.2 Å². The van der Waals surface area contributed by atoms with E-state index < -0.39 is 5.91 Å². The third-order valence-corrected chi connectivity index (χ3v) is 5.44. The first kappa shape index (κ1) is 20.6. The van der Waals surface area contributed by atoms with E-state index in [1.807, 2.05) is 55.5 Å². The summed E-state index contributed by atoms with van der Waals surface area (Å²) in [4.78, 5) is 26.7. The number of carbonyl (C=O) groups excluding carboxylic acids is 2. The number of anilines is 2. The van der Waals surface area contributed by atoms with Crippen LogP contribution in [0.5, 0.6) is 0 Å². The Morgan fingerprint density at radius 2 is 1.81 bits per heavy atom. The van der Waals surface area contributed by atoms with Crippen LogP contribution in [0.25, 0.3) is 11.1 Å². The maximum absolute atomic E-state index is 12.8. The summed E-state index contributed by atoms with van der Waals surface area (Å²) in [6.45, 7) is 5.03. The highest BCUT2D eigenvalue weighted by Crippen LogP contribution is 2.27. The highest BCUT2D eigenvalue weighted by Gasteiger charge is 2.14. The molecule has 0 spiro atoms. The van der Waals surface area contributed by atoms with Crippen LogP contribution in [0.1, 0.15) is 26.3 Å². The molecular weight excluding hydrogens is 390 g/mol. The molecular formula is C25H24N3O3. The lowest BCUT2D eigenvalue weighted by molar-refractivity contribution is 0.0996. The summed E-state index contributed by atoms with van der Waals surface area (Å²) >= 11 is 0. The molecule has 1 aliphatic rings. The normalized spacial score (nSPS) is 13.6. The number of rotatable bonds is 5.